The Kier molecular flexibility index (Phi) is 4.70. The van der Waals surface area contributed by atoms with E-state index in [0.717, 1.165) is 6.42 Å². The summed E-state index contributed by atoms with van der Waals surface area (Å²) in [6, 6.07) is 6.04. The molecule has 1 unspecified atom stereocenters. The zero-order chi connectivity index (χ0) is 13.0. The molecule has 0 heterocycles. The van der Waals surface area contributed by atoms with E-state index < -0.39 is 6.04 Å². The van der Waals surface area contributed by atoms with E-state index in [4.69, 9.17) is 5.73 Å². The first-order valence-electron chi connectivity index (χ1n) is 6.02. The van der Waals surface area contributed by atoms with Crippen LogP contribution in [0.2, 0.25) is 0 Å². The Balaban J connectivity index is 2.62. The number of rotatable bonds is 4. The molecule has 17 heavy (non-hydrogen) atoms. The molecule has 1 rings (SSSR count). The number of hydrogen-bond acceptors (Lipinski definition) is 2. The lowest BCUT2D eigenvalue weighted by Crippen LogP contribution is -2.43. The number of carbonyl (C=O) groups excluding carboxylic acids is 1. The van der Waals surface area contributed by atoms with Crippen LogP contribution in [-0.4, -0.2) is 18.0 Å². The van der Waals surface area contributed by atoms with Gasteiger partial charge in [0.25, 0.3) is 0 Å². The van der Waals surface area contributed by atoms with Crippen molar-refractivity contribution < 1.29 is 4.79 Å². The summed E-state index contributed by atoms with van der Waals surface area (Å²) in [6.45, 7) is 7.87. The van der Waals surface area contributed by atoms with E-state index in [0.29, 0.717) is 0 Å². The largest absolute Gasteiger partial charge is 0.352 e. The highest BCUT2D eigenvalue weighted by molar-refractivity contribution is 5.81. The number of amides is 1. The van der Waals surface area contributed by atoms with E-state index >= 15 is 0 Å². The quantitative estimate of drug-likeness (QED) is 0.833. The van der Waals surface area contributed by atoms with Gasteiger partial charge in [-0.15, -0.1) is 0 Å². The van der Waals surface area contributed by atoms with Crippen molar-refractivity contribution >= 4 is 5.91 Å². The van der Waals surface area contributed by atoms with Crippen LogP contribution in [0, 0.1) is 13.8 Å². The Morgan fingerprint density at radius 2 is 2.00 bits per heavy atom. The van der Waals surface area contributed by atoms with Crippen molar-refractivity contribution in [1.29, 1.82) is 0 Å². The van der Waals surface area contributed by atoms with Gasteiger partial charge in [-0.1, -0.05) is 23.8 Å². The Bertz CT molecular complexity index is 399. The van der Waals surface area contributed by atoms with E-state index in [1.54, 1.807) is 6.92 Å². The molecular formula is C14H22N2O. The molecule has 3 N–H and O–H groups in total. The van der Waals surface area contributed by atoms with Crippen LogP contribution in [0.1, 0.15) is 30.5 Å². The molecule has 1 aromatic rings. The van der Waals surface area contributed by atoms with Gasteiger partial charge in [0.2, 0.25) is 5.91 Å². The molecule has 3 nitrogen and oxygen atoms in total. The van der Waals surface area contributed by atoms with Gasteiger partial charge in [0.05, 0.1) is 6.04 Å². The van der Waals surface area contributed by atoms with E-state index in [1.165, 1.54) is 16.7 Å². The standard InChI is InChI=1S/C14H22N2O/c1-9-5-6-13(10(2)7-9)8-11(3)16-14(17)12(4)15/h5-7,11-12H,8,15H2,1-4H3,(H,16,17)/t11?,12-/m0/s1. The highest BCUT2D eigenvalue weighted by Gasteiger charge is 2.12. The normalized spacial score (nSPS) is 14.2. The number of nitrogens with one attached hydrogen (secondary N) is 1. The SMILES string of the molecule is Cc1ccc(CC(C)NC(=O)[C@H](C)N)c(C)c1. The van der Waals surface area contributed by atoms with Crippen molar-refractivity contribution in [2.75, 3.05) is 0 Å². The molecule has 0 radical (unpaired) electrons. The second-order valence-electron chi connectivity index (χ2n) is 4.83. The van der Waals surface area contributed by atoms with Gasteiger partial charge in [0.1, 0.15) is 0 Å². The van der Waals surface area contributed by atoms with Crippen molar-refractivity contribution in [3.63, 3.8) is 0 Å². The molecule has 0 aliphatic heterocycles. The fourth-order valence-electron chi connectivity index (χ4n) is 1.83. The topological polar surface area (TPSA) is 55.1 Å². The van der Waals surface area contributed by atoms with Gasteiger partial charge in [-0.25, -0.2) is 0 Å². The fraction of sp³-hybridized carbons (Fsp3) is 0.500. The summed E-state index contributed by atoms with van der Waals surface area (Å²) in [5.74, 6) is -0.0951. The number of hydrogen-bond donors (Lipinski definition) is 2. The first-order valence-corrected chi connectivity index (χ1v) is 6.02. The van der Waals surface area contributed by atoms with Gasteiger partial charge in [-0.3, -0.25) is 4.79 Å². The molecule has 0 bridgehead atoms. The minimum absolute atomic E-state index is 0.0951. The summed E-state index contributed by atoms with van der Waals surface area (Å²) in [5, 5.41) is 2.91. The van der Waals surface area contributed by atoms with Crippen molar-refractivity contribution in [1.82, 2.24) is 5.32 Å². The second-order valence-corrected chi connectivity index (χ2v) is 4.83. The maximum atomic E-state index is 11.4. The highest BCUT2D eigenvalue weighted by atomic mass is 16.2. The summed E-state index contributed by atoms with van der Waals surface area (Å²) in [6.07, 6.45) is 0.838. The van der Waals surface area contributed by atoms with Crippen LogP contribution in [0.15, 0.2) is 18.2 Å². The van der Waals surface area contributed by atoms with E-state index in [9.17, 15) is 4.79 Å². The maximum absolute atomic E-state index is 11.4. The zero-order valence-corrected chi connectivity index (χ0v) is 11.1. The van der Waals surface area contributed by atoms with Gasteiger partial charge >= 0.3 is 0 Å². The third-order valence-electron chi connectivity index (χ3n) is 2.83. The molecule has 0 saturated carbocycles. The summed E-state index contributed by atoms with van der Waals surface area (Å²) in [7, 11) is 0. The fourth-order valence-corrected chi connectivity index (χ4v) is 1.83. The molecule has 94 valence electrons. The lowest BCUT2D eigenvalue weighted by atomic mass is 10.00. The summed E-state index contributed by atoms with van der Waals surface area (Å²) in [5.41, 5.74) is 9.32. The van der Waals surface area contributed by atoms with E-state index in [2.05, 4.69) is 37.4 Å². The molecule has 0 aromatic heterocycles. The van der Waals surface area contributed by atoms with Crippen LogP contribution in [0.3, 0.4) is 0 Å². The molecular weight excluding hydrogens is 212 g/mol. The Labute approximate surface area is 103 Å². The van der Waals surface area contributed by atoms with Crippen LogP contribution < -0.4 is 11.1 Å². The van der Waals surface area contributed by atoms with Crippen molar-refractivity contribution in [2.45, 2.75) is 46.2 Å². The van der Waals surface area contributed by atoms with Crippen molar-refractivity contribution in [3.8, 4) is 0 Å². The molecule has 1 aromatic carbocycles. The third-order valence-corrected chi connectivity index (χ3v) is 2.83. The van der Waals surface area contributed by atoms with Crippen molar-refractivity contribution in [3.05, 3.63) is 34.9 Å². The minimum atomic E-state index is -0.448. The lowest BCUT2D eigenvalue weighted by Gasteiger charge is -2.17. The molecule has 0 aliphatic rings. The van der Waals surface area contributed by atoms with E-state index in [1.807, 2.05) is 6.92 Å². The second kappa shape index (κ2) is 5.82. The Hall–Kier alpha value is -1.35. The van der Waals surface area contributed by atoms with Gasteiger partial charge in [-0.05, 0) is 45.2 Å². The third kappa shape index (κ3) is 4.19. The van der Waals surface area contributed by atoms with Crippen LogP contribution >= 0.6 is 0 Å². The van der Waals surface area contributed by atoms with Crippen LogP contribution in [-0.2, 0) is 11.2 Å². The number of nitrogens with two attached hydrogens (primary N) is 1. The predicted octanol–water partition coefficient (Wildman–Crippen LogP) is 1.70. The smallest absolute Gasteiger partial charge is 0.236 e. The van der Waals surface area contributed by atoms with Crippen LogP contribution in [0.25, 0.3) is 0 Å². The molecule has 0 saturated heterocycles. The average Bonchev–Trinajstić information content (AvgIpc) is 2.22. The van der Waals surface area contributed by atoms with Crippen LogP contribution in [0.4, 0.5) is 0 Å². The van der Waals surface area contributed by atoms with Gasteiger partial charge in [-0.2, -0.15) is 0 Å². The van der Waals surface area contributed by atoms with Crippen LogP contribution in [0.5, 0.6) is 0 Å². The Morgan fingerprint density at radius 1 is 1.35 bits per heavy atom. The van der Waals surface area contributed by atoms with Crippen molar-refractivity contribution in [2.24, 2.45) is 5.73 Å². The molecule has 3 heteroatoms. The Morgan fingerprint density at radius 3 is 2.53 bits per heavy atom. The number of carbonyl (C=O) groups is 1. The highest BCUT2D eigenvalue weighted by Crippen LogP contribution is 2.12. The van der Waals surface area contributed by atoms with E-state index in [-0.39, 0.29) is 11.9 Å². The molecule has 0 aliphatic carbocycles. The monoisotopic (exact) mass is 234 g/mol. The van der Waals surface area contributed by atoms with Gasteiger partial charge < -0.3 is 11.1 Å². The molecule has 0 spiro atoms. The molecule has 0 fully saturated rings. The van der Waals surface area contributed by atoms with Gasteiger partial charge in [0.15, 0.2) is 0 Å². The molecule has 1 amide bonds. The maximum Gasteiger partial charge on any atom is 0.236 e. The average molecular weight is 234 g/mol. The number of benzene rings is 1. The summed E-state index contributed by atoms with van der Waals surface area (Å²) in [4.78, 5) is 11.4. The zero-order valence-electron chi connectivity index (χ0n) is 11.1. The number of aryl methyl sites for hydroxylation is 2. The summed E-state index contributed by atoms with van der Waals surface area (Å²) < 4.78 is 0. The lowest BCUT2D eigenvalue weighted by molar-refractivity contribution is -0.122. The first-order chi connectivity index (χ1) is 7.90. The summed E-state index contributed by atoms with van der Waals surface area (Å²) >= 11 is 0. The molecule has 2 atom stereocenters. The minimum Gasteiger partial charge on any atom is -0.352 e. The predicted molar refractivity (Wildman–Crippen MR) is 70.9 cm³/mol. The first kappa shape index (κ1) is 13.7. The van der Waals surface area contributed by atoms with Gasteiger partial charge in [0, 0.05) is 6.04 Å².